The van der Waals surface area contributed by atoms with Crippen LogP contribution in [0.15, 0.2) is 24.5 Å². The van der Waals surface area contributed by atoms with E-state index in [4.69, 9.17) is 0 Å². The molecular formula is C14H21N3. The fraction of sp³-hybridized carbons (Fsp3) is 0.643. The van der Waals surface area contributed by atoms with Crippen molar-refractivity contribution in [3.05, 3.63) is 30.1 Å². The fourth-order valence-electron chi connectivity index (χ4n) is 3.35. The lowest BCUT2D eigenvalue weighted by Crippen LogP contribution is -2.58. The lowest BCUT2D eigenvalue weighted by molar-refractivity contribution is -0.0329. The number of pyridine rings is 1. The molecule has 3 heterocycles. The highest BCUT2D eigenvalue weighted by Gasteiger charge is 2.42. The van der Waals surface area contributed by atoms with Crippen molar-refractivity contribution in [1.82, 2.24) is 14.8 Å². The average Bonchev–Trinajstić information content (AvgIpc) is 2.32. The molecule has 0 N–H and O–H groups in total. The zero-order valence-electron chi connectivity index (χ0n) is 10.6. The molecule has 2 aliphatic heterocycles. The predicted octanol–water partition coefficient (Wildman–Crippen LogP) is 1.61. The van der Waals surface area contributed by atoms with Crippen LogP contribution in [0.5, 0.6) is 0 Å². The maximum absolute atomic E-state index is 4.18. The van der Waals surface area contributed by atoms with E-state index < -0.39 is 0 Å². The van der Waals surface area contributed by atoms with Crippen molar-refractivity contribution in [2.75, 3.05) is 33.2 Å². The monoisotopic (exact) mass is 231 g/mol. The van der Waals surface area contributed by atoms with Crippen molar-refractivity contribution in [1.29, 1.82) is 0 Å². The molecule has 0 amide bonds. The van der Waals surface area contributed by atoms with E-state index in [1.165, 1.54) is 44.6 Å². The van der Waals surface area contributed by atoms with Crippen LogP contribution in [0.3, 0.4) is 0 Å². The molecule has 0 unspecified atom stereocenters. The van der Waals surface area contributed by atoms with Gasteiger partial charge in [-0.05, 0) is 50.0 Å². The first kappa shape index (κ1) is 11.2. The van der Waals surface area contributed by atoms with Crippen molar-refractivity contribution < 1.29 is 0 Å². The second-order valence-electron chi connectivity index (χ2n) is 5.81. The first-order valence-electron chi connectivity index (χ1n) is 6.56. The maximum Gasteiger partial charge on any atom is 0.0312 e. The van der Waals surface area contributed by atoms with E-state index in [1.54, 1.807) is 0 Å². The Kier molecular flexibility index (Phi) is 2.89. The molecule has 92 valence electrons. The smallest absolute Gasteiger partial charge is 0.0312 e. The second-order valence-corrected chi connectivity index (χ2v) is 5.81. The van der Waals surface area contributed by atoms with Gasteiger partial charge in [0, 0.05) is 32.0 Å². The zero-order chi connectivity index (χ0) is 11.7. The van der Waals surface area contributed by atoms with Gasteiger partial charge < -0.3 is 4.90 Å². The molecule has 1 aromatic heterocycles. The summed E-state index contributed by atoms with van der Waals surface area (Å²) < 4.78 is 0. The molecule has 1 spiro atoms. The van der Waals surface area contributed by atoms with Gasteiger partial charge in [0.05, 0.1) is 0 Å². The Balaban J connectivity index is 1.52. The van der Waals surface area contributed by atoms with Crippen LogP contribution >= 0.6 is 0 Å². The van der Waals surface area contributed by atoms with Crippen LogP contribution < -0.4 is 0 Å². The van der Waals surface area contributed by atoms with Gasteiger partial charge in [0.15, 0.2) is 0 Å². The number of nitrogens with zero attached hydrogens (tertiary/aromatic N) is 3. The molecule has 2 fully saturated rings. The largest absolute Gasteiger partial charge is 0.305 e. The molecule has 2 aliphatic rings. The summed E-state index contributed by atoms with van der Waals surface area (Å²) in [7, 11) is 2.23. The molecule has 3 rings (SSSR count). The Labute approximate surface area is 103 Å². The van der Waals surface area contributed by atoms with Crippen molar-refractivity contribution in [2.24, 2.45) is 5.41 Å². The normalized spacial score (nSPS) is 24.8. The standard InChI is InChI=1S/C14H21N3/c1-16-11-14(12-16)4-7-17(8-5-14)10-13-3-2-6-15-9-13/h2-3,6,9H,4-5,7-8,10-12H2,1H3. The van der Waals surface area contributed by atoms with Gasteiger partial charge in [-0.1, -0.05) is 6.07 Å². The molecular weight excluding hydrogens is 210 g/mol. The summed E-state index contributed by atoms with van der Waals surface area (Å²) in [6.45, 7) is 6.20. The Morgan fingerprint density at radius 1 is 1.29 bits per heavy atom. The SMILES string of the molecule is CN1CC2(CCN(Cc3cccnc3)CC2)C1. The van der Waals surface area contributed by atoms with Crippen LogP contribution in [-0.4, -0.2) is 48.0 Å². The Morgan fingerprint density at radius 3 is 2.65 bits per heavy atom. The minimum Gasteiger partial charge on any atom is -0.305 e. The van der Waals surface area contributed by atoms with Gasteiger partial charge in [0.25, 0.3) is 0 Å². The quantitative estimate of drug-likeness (QED) is 0.771. The van der Waals surface area contributed by atoms with E-state index in [-0.39, 0.29) is 0 Å². The second kappa shape index (κ2) is 4.39. The van der Waals surface area contributed by atoms with Gasteiger partial charge in [-0.25, -0.2) is 0 Å². The van der Waals surface area contributed by atoms with E-state index in [0.29, 0.717) is 5.41 Å². The van der Waals surface area contributed by atoms with E-state index in [9.17, 15) is 0 Å². The zero-order valence-corrected chi connectivity index (χ0v) is 10.6. The summed E-state index contributed by atoms with van der Waals surface area (Å²) in [5, 5.41) is 0. The Morgan fingerprint density at radius 2 is 2.06 bits per heavy atom. The Bertz CT molecular complexity index is 360. The van der Waals surface area contributed by atoms with Gasteiger partial charge in [-0.2, -0.15) is 0 Å². The minimum atomic E-state index is 0.667. The molecule has 0 atom stereocenters. The number of aromatic nitrogens is 1. The summed E-state index contributed by atoms with van der Waals surface area (Å²) in [6.07, 6.45) is 6.58. The number of piperidine rings is 1. The van der Waals surface area contributed by atoms with Gasteiger partial charge >= 0.3 is 0 Å². The first-order valence-corrected chi connectivity index (χ1v) is 6.56. The van der Waals surface area contributed by atoms with Crippen molar-refractivity contribution >= 4 is 0 Å². The van der Waals surface area contributed by atoms with E-state index in [1.807, 2.05) is 18.5 Å². The van der Waals surface area contributed by atoms with E-state index >= 15 is 0 Å². The third kappa shape index (κ3) is 2.35. The van der Waals surface area contributed by atoms with Crippen LogP contribution in [0.25, 0.3) is 0 Å². The third-order valence-electron chi connectivity index (χ3n) is 4.26. The van der Waals surface area contributed by atoms with Crippen molar-refractivity contribution in [3.8, 4) is 0 Å². The predicted molar refractivity (Wildman–Crippen MR) is 68.7 cm³/mol. The third-order valence-corrected chi connectivity index (χ3v) is 4.26. The number of hydrogen-bond acceptors (Lipinski definition) is 3. The molecule has 0 aliphatic carbocycles. The highest BCUT2D eigenvalue weighted by molar-refractivity contribution is 5.08. The van der Waals surface area contributed by atoms with E-state index in [0.717, 1.165) is 6.54 Å². The van der Waals surface area contributed by atoms with Gasteiger partial charge in [0.1, 0.15) is 0 Å². The van der Waals surface area contributed by atoms with Gasteiger partial charge in [-0.15, -0.1) is 0 Å². The molecule has 0 bridgehead atoms. The van der Waals surface area contributed by atoms with E-state index in [2.05, 4.69) is 27.9 Å². The molecule has 1 aromatic rings. The summed E-state index contributed by atoms with van der Waals surface area (Å²) in [4.78, 5) is 9.19. The fourth-order valence-corrected chi connectivity index (χ4v) is 3.35. The van der Waals surface area contributed by atoms with Crippen molar-refractivity contribution in [2.45, 2.75) is 19.4 Å². The summed E-state index contributed by atoms with van der Waals surface area (Å²) in [5.74, 6) is 0. The lowest BCUT2D eigenvalue weighted by Gasteiger charge is -2.53. The summed E-state index contributed by atoms with van der Waals surface area (Å²) >= 11 is 0. The van der Waals surface area contributed by atoms with Gasteiger partial charge in [0.2, 0.25) is 0 Å². The van der Waals surface area contributed by atoms with Crippen LogP contribution in [0.1, 0.15) is 18.4 Å². The Hall–Kier alpha value is -0.930. The topological polar surface area (TPSA) is 19.4 Å². The molecule has 3 nitrogen and oxygen atoms in total. The molecule has 17 heavy (non-hydrogen) atoms. The molecule has 3 heteroatoms. The number of hydrogen-bond donors (Lipinski definition) is 0. The number of likely N-dealkylation sites (tertiary alicyclic amines) is 2. The molecule has 0 saturated carbocycles. The number of rotatable bonds is 2. The molecule has 2 saturated heterocycles. The lowest BCUT2D eigenvalue weighted by atomic mass is 9.72. The van der Waals surface area contributed by atoms with Crippen LogP contribution in [0.4, 0.5) is 0 Å². The first-order chi connectivity index (χ1) is 8.26. The van der Waals surface area contributed by atoms with Crippen molar-refractivity contribution in [3.63, 3.8) is 0 Å². The summed E-state index contributed by atoms with van der Waals surface area (Å²) in [5.41, 5.74) is 2.01. The van der Waals surface area contributed by atoms with Crippen LogP contribution in [0.2, 0.25) is 0 Å². The molecule has 0 aromatic carbocycles. The molecule has 0 radical (unpaired) electrons. The average molecular weight is 231 g/mol. The minimum absolute atomic E-state index is 0.667. The highest BCUT2D eigenvalue weighted by atomic mass is 15.2. The van der Waals surface area contributed by atoms with Crippen LogP contribution in [0, 0.1) is 5.41 Å². The highest BCUT2D eigenvalue weighted by Crippen LogP contribution is 2.39. The van der Waals surface area contributed by atoms with Crippen LogP contribution in [-0.2, 0) is 6.54 Å². The maximum atomic E-state index is 4.18. The summed E-state index contributed by atoms with van der Waals surface area (Å²) in [6, 6.07) is 4.20. The van der Waals surface area contributed by atoms with Gasteiger partial charge in [-0.3, -0.25) is 9.88 Å².